The smallest absolute Gasteiger partial charge is 0.141 e. The predicted octanol–water partition coefficient (Wildman–Crippen LogP) is 2.85. The van der Waals surface area contributed by atoms with Gasteiger partial charge >= 0.3 is 0 Å². The van der Waals surface area contributed by atoms with Crippen LogP contribution in [0.1, 0.15) is 58.8 Å². The van der Waals surface area contributed by atoms with Gasteiger partial charge in [-0.2, -0.15) is 0 Å². The molecule has 0 aromatic carbocycles. The number of rotatable bonds is 0. The second-order valence-corrected chi connectivity index (χ2v) is 8.73. The molecule has 3 nitrogen and oxygen atoms in total. The summed E-state index contributed by atoms with van der Waals surface area (Å²) in [6.45, 7) is 4.46. The summed E-state index contributed by atoms with van der Waals surface area (Å²) >= 11 is 0. The Hall–Kier alpha value is -0.670. The lowest BCUT2D eigenvalue weighted by Crippen LogP contribution is -2.52. The van der Waals surface area contributed by atoms with Gasteiger partial charge in [0.05, 0.1) is 12.2 Å². The van der Waals surface area contributed by atoms with Gasteiger partial charge < -0.3 is 10.2 Å². The van der Waals surface area contributed by atoms with Crippen molar-refractivity contribution in [1.82, 2.24) is 0 Å². The van der Waals surface area contributed by atoms with Crippen LogP contribution in [-0.4, -0.2) is 28.2 Å². The van der Waals surface area contributed by atoms with Gasteiger partial charge in [0.15, 0.2) is 0 Å². The third-order valence-electron chi connectivity index (χ3n) is 7.78. The highest BCUT2D eigenvalue weighted by atomic mass is 16.3. The lowest BCUT2D eigenvalue weighted by atomic mass is 9.48. The average Bonchev–Trinajstić information content (AvgIpc) is 2.70. The van der Waals surface area contributed by atoms with E-state index in [1.807, 2.05) is 0 Å². The summed E-state index contributed by atoms with van der Waals surface area (Å²) in [7, 11) is 0. The maximum absolute atomic E-state index is 12.4. The van der Waals surface area contributed by atoms with E-state index >= 15 is 0 Å². The van der Waals surface area contributed by atoms with Crippen molar-refractivity contribution in [1.29, 1.82) is 0 Å². The molecule has 3 saturated carbocycles. The highest BCUT2D eigenvalue weighted by molar-refractivity contribution is 5.88. The second kappa shape index (κ2) is 4.67. The van der Waals surface area contributed by atoms with Crippen molar-refractivity contribution in [3.63, 3.8) is 0 Å². The fourth-order valence-electron chi connectivity index (χ4n) is 6.48. The number of carbonyl (C=O) groups is 1. The average molecular weight is 304 g/mol. The zero-order valence-corrected chi connectivity index (χ0v) is 13.7. The van der Waals surface area contributed by atoms with E-state index in [1.54, 1.807) is 0 Å². The molecule has 122 valence electrons. The number of hydrogen-bond acceptors (Lipinski definition) is 3. The molecule has 0 radical (unpaired) electrons. The molecule has 1 unspecified atom stereocenters. The van der Waals surface area contributed by atoms with Crippen molar-refractivity contribution in [2.45, 2.75) is 71.0 Å². The minimum absolute atomic E-state index is 0.139. The number of ketones is 1. The van der Waals surface area contributed by atoms with Crippen molar-refractivity contribution in [2.75, 3.05) is 0 Å². The first-order valence-corrected chi connectivity index (χ1v) is 8.95. The van der Waals surface area contributed by atoms with E-state index in [2.05, 4.69) is 19.9 Å². The van der Waals surface area contributed by atoms with Gasteiger partial charge in [-0.15, -0.1) is 0 Å². The Balaban J connectivity index is 1.72. The van der Waals surface area contributed by atoms with Crippen molar-refractivity contribution >= 4 is 5.78 Å². The van der Waals surface area contributed by atoms with Crippen molar-refractivity contribution in [3.8, 4) is 0 Å². The van der Waals surface area contributed by atoms with Crippen LogP contribution in [0, 0.1) is 28.6 Å². The van der Waals surface area contributed by atoms with Crippen molar-refractivity contribution in [2.24, 2.45) is 28.6 Å². The van der Waals surface area contributed by atoms with Gasteiger partial charge in [-0.3, -0.25) is 4.79 Å². The summed E-state index contributed by atoms with van der Waals surface area (Å²) in [6, 6.07) is 0. The molecule has 0 amide bonds. The summed E-state index contributed by atoms with van der Waals surface area (Å²) in [6.07, 6.45) is 7.84. The monoisotopic (exact) mass is 304 g/mol. The third-order valence-corrected chi connectivity index (χ3v) is 7.78. The Morgan fingerprint density at radius 3 is 2.59 bits per heavy atom. The number of allylic oxidation sites excluding steroid dienone is 1. The van der Waals surface area contributed by atoms with Crippen LogP contribution in [0.2, 0.25) is 0 Å². The molecule has 4 aliphatic carbocycles. The van der Waals surface area contributed by atoms with Crippen molar-refractivity contribution in [3.05, 3.63) is 11.6 Å². The molecule has 0 saturated heterocycles. The first-order valence-electron chi connectivity index (χ1n) is 8.95. The Bertz CT molecular complexity index is 539. The first kappa shape index (κ1) is 14.9. The molecule has 22 heavy (non-hydrogen) atoms. The number of Topliss-reactive ketones (excluding diaryl/α,β-unsaturated/α-hetero) is 1. The minimum Gasteiger partial charge on any atom is -0.393 e. The van der Waals surface area contributed by atoms with Gasteiger partial charge in [-0.1, -0.05) is 25.5 Å². The van der Waals surface area contributed by atoms with Crippen LogP contribution < -0.4 is 0 Å². The normalized spacial score (nSPS) is 54.3. The maximum Gasteiger partial charge on any atom is 0.141 e. The van der Waals surface area contributed by atoms with Crippen LogP contribution in [0.5, 0.6) is 0 Å². The van der Waals surface area contributed by atoms with Crippen LogP contribution in [0.3, 0.4) is 0 Å². The summed E-state index contributed by atoms with van der Waals surface area (Å²) in [5, 5.41) is 20.5. The lowest BCUT2D eigenvalue weighted by Gasteiger charge is -2.57. The highest BCUT2D eigenvalue weighted by Crippen LogP contribution is 2.63. The van der Waals surface area contributed by atoms with E-state index in [-0.39, 0.29) is 28.6 Å². The number of aliphatic hydroxyl groups excluding tert-OH is 2. The van der Waals surface area contributed by atoms with Gasteiger partial charge in [0.2, 0.25) is 0 Å². The molecule has 0 spiro atoms. The molecule has 7 atom stereocenters. The van der Waals surface area contributed by atoms with Crippen LogP contribution in [0.15, 0.2) is 11.6 Å². The third kappa shape index (κ3) is 1.78. The molecule has 0 bridgehead atoms. The Morgan fingerprint density at radius 2 is 1.82 bits per heavy atom. The minimum atomic E-state index is -0.446. The molecular weight excluding hydrogens is 276 g/mol. The molecule has 3 heteroatoms. The topological polar surface area (TPSA) is 57.5 Å². The molecular formula is C19H28O3. The molecule has 4 rings (SSSR count). The van der Waals surface area contributed by atoms with Crippen LogP contribution >= 0.6 is 0 Å². The zero-order chi connectivity index (χ0) is 15.7. The Kier molecular flexibility index (Phi) is 3.16. The highest BCUT2D eigenvalue weighted by Gasteiger charge is 2.61. The standard InChI is InChI=1S/C19H28O3/c1-18-7-5-12(20)9-11(18)3-4-13-14(18)6-8-19(2)16(22)10-15(21)17(13)19/h3,12-15,17,20-21H,4-10H2,1-2H3/t12-,13+,14-,15?,17+,18-,19+/m0/s1. The molecule has 0 aromatic heterocycles. The van der Waals surface area contributed by atoms with Crippen LogP contribution in [0.25, 0.3) is 0 Å². The zero-order valence-electron chi connectivity index (χ0n) is 13.7. The van der Waals surface area contributed by atoms with Crippen molar-refractivity contribution < 1.29 is 15.0 Å². The number of hydrogen-bond donors (Lipinski definition) is 2. The molecule has 0 aliphatic heterocycles. The van der Waals surface area contributed by atoms with E-state index in [4.69, 9.17) is 0 Å². The van der Waals surface area contributed by atoms with Gasteiger partial charge in [-0.25, -0.2) is 0 Å². The van der Waals surface area contributed by atoms with Gasteiger partial charge in [0.1, 0.15) is 5.78 Å². The quantitative estimate of drug-likeness (QED) is 0.677. The first-order chi connectivity index (χ1) is 10.4. The number of fused-ring (bicyclic) bond motifs is 5. The molecule has 0 aromatic rings. The van der Waals surface area contributed by atoms with E-state index in [0.717, 1.165) is 38.5 Å². The summed E-state index contributed by atoms with van der Waals surface area (Å²) in [5.41, 5.74) is 1.32. The van der Waals surface area contributed by atoms with Gasteiger partial charge in [-0.05, 0) is 55.8 Å². The van der Waals surface area contributed by atoms with Crippen LogP contribution in [-0.2, 0) is 4.79 Å². The van der Waals surface area contributed by atoms with E-state index in [9.17, 15) is 15.0 Å². The number of aliphatic hydroxyl groups is 2. The van der Waals surface area contributed by atoms with Gasteiger partial charge in [0.25, 0.3) is 0 Å². The molecule has 3 fully saturated rings. The summed E-state index contributed by atoms with van der Waals surface area (Å²) in [4.78, 5) is 12.4. The van der Waals surface area contributed by atoms with E-state index in [0.29, 0.717) is 18.3 Å². The Morgan fingerprint density at radius 1 is 1.09 bits per heavy atom. The summed E-state index contributed by atoms with van der Waals surface area (Å²) < 4.78 is 0. The SMILES string of the molecule is C[C@]12CC[C@H](O)CC1=CC[C@@H]1[C@@H]2CC[C@]2(C)C(=O)CC(O)[C@@H]12. The largest absolute Gasteiger partial charge is 0.393 e. The second-order valence-electron chi connectivity index (χ2n) is 8.73. The Labute approximate surface area is 132 Å². The maximum atomic E-state index is 12.4. The predicted molar refractivity (Wildman–Crippen MR) is 84.1 cm³/mol. The van der Waals surface area contributed by atoms with Gasteiger partial charge in [0, 0.05) is 17.8 Å². The van der Waals surface area contributed by atoms with E-state index in [1.165, 1.54) is 5.57 Å². The fraction of sp³-hybridized carbons (Fsp3) is 0.842. The summed E-state index contributed by atoms with van der Waals surface area (Å²) in [5.74, 6) is 1.42. The fourth-order valence-corrected chi connectivity index (χ4v) is 6.48. The molecule has 4 aliphatic rings. The molecule has 2 N–H and O–H groups in total. The van der Waals surface area contributed by atoms with E-state index < -0.39 is 6.10 Å². The van der Waals surface area contributed by atoms with Crippen LogP contribution in [0.4, 0.5) is 0 Å². The molecule has 0 heterocycles. The number of carbonyl (C=O) groups excluding carboxylic acids is 1. The lowest BCUT2D eigenvalue weighted by molar-refractivity contribution is -0.133.